The van der Waals surface area contributed by atoms with E-state index in [0.717, 1.165) is 29.8 Å². The summed E-state index contributed by atoms with van der Waals surface area (Å²) in [6.45, 7) is 5.85. The van der Waals surface area contributed by atoms with Gasteiger partial charge in [0, 0.05) is 6.04 Å². The number of nitrogens with zero attached hydrogens (tertiary/aromatic N) is 3. The molecule has 1 fully saturated rings. The summed E-state index contributed by atoms with van der Waals surface area (Å²) in [4.78, 5) is 17.4. The number of fused-ring (bicyclic) bond motifs is 5. The van der Waals surface area contributed by atoms with Gasteiger partial charge in [-0.05, 0) is 67.0 Å². The summed E-state index contributed by atoms with van der Waals surface area (Å²) in [5.41, 5.74) is 1.79. The second-order valence-electron chi connectivity index (χ2n) is 9.81. The zero-order chi connectivity index (χ0) is 24.3. The van der Waals surface area contributed by atoms with Crippen molar-refractivity contribution < 1.29 is 18.7 Å². The maximum Gasteiger partial charge on any atom is 0.270 e. The molecule has 0 unspecified atom stereocenters. The van der Waals surface area contributed by atoms with Crippen LogP contribution >= 0.6 is 0 Å². The number of benzene rings is 1. The number of rotatable bonds is 5. The molecule has 34 heavy (non-hydrogen) atoms. The van der Waals surface area contributed by atoms with Crippen LogP contribution in [0.2, 0.25) is 0 Å². The lowest BCUT2D eigenvalue weighted by Crippen LogP contribution is -2.39. The highest BCUT2D eigenvalue weighted by Crippen LogP contribution is 2.69. The number of carbonyl (C=O) groups excluding carboxylic acids is 1. The minimum Gasteiger partial charge on any atom is -0.394 e. The average molecular weight is 465 g/mol. The Hall–Kier alpha value is -3.26. The van der Waals surface area contributed by atoms with E-state index >= 15 is 0 Å². The van der Waals surface area contributed by atoms with Crippen LogP contribution in [-0.4, -0.2) is 38.8 Å². The zero-order valence-electron chi connectivity index (χ0n) is 19.3. The number of carbonyl (C=O) groups is 1. The molecule has 8 heteroatoms. The van der Waals surface area contributed by atoms with Gasteiger partial charge in [0.1, 0.15) is 17.3 Å². The second kappa shape index (κ2) is 7.91. The van der Waals surface area contributed by atoms with Crippen molar-refractivity contribution in [3.05, 3.63) is 76.7 Å². The van der Waals surface area contributed by atoms with Crippen LogP contribution in [0.15, 0.2) is 42.5 Å². The fraction of sp³-hybridized carbons (Fsp3) is 0.385. The van der Waals surface area contributed by atoms with E-state index in [4.69, 9.17) is 4.98 Å². The fourth-order valence-electron chi connectivity index (χ4n) is 5.90. The molecule has 2 N–H and O–H groups in total. The highest BCUT2D eigenvalue weighted by Gasteiger charge is 2.65. The molecule has 5 rings (SSSR count). The molecule has 2 aromatic heterocycles. The van der Waals surface area contributed by atoms with Crippen LogP contribution in [-0.2, 0) is 5.41 Å². The van der Waals surface area contributed by atoms with Gasteiger partial charge in [-0.15, -0.1) is 5.10 Å². The summed E-state index contributed by atoms with van der Waals surface area (Å²) < 4.78 is 28.9. The van der Waals surface area contributed by atoms with Crippen LogP contribution in [0.4, 0.5) is 8.78 Å². The van der Waals surface area contributed by atoms with Crippen molar-refractivity contribution in [1.29, 1.82) is 0 Å². The number of aliphatic hydroxyl groups is 1. The Labute approximate surface area is 196 Å². The number of aromatic nitrogens is 3. The maximum absolute atomic E-state index is 14.4. The monoisotopic (exact) mass is 464 g/mol. The molecule has 2 aliphatic carbocycles. The molecular formula is C26H26F2N4O2. The summed E-state index contributed by atoms with van der Waals surface area (Å²) in [5.74, 6) is -1.60. The van der Waals surface area contributed by atoms with Crippen LogP contribution in [0, 0.1) is 17.0 Å². The van der Waals surface area contributed by atoms with E-state index in [9.17, 15) is 18.7 Å². The van der Waals surface area contributed by atoms with E-state index in [-0.39, 0.29) is 40.8 Å². The summed E-state index contributed by atoms with van der Waals surface area (Å²) >= 11 is 0. The first-order valence-corrected chi connectivity index (χ1v) is 11.4. The molecule has 1 amide bonds. The minimum atomic E-state index is -0.677. The van der Waals surface area contributed by atoms with Gasteiger partial charge in [-0.25, -0.2) is 13.8 Å². The predicted octanol–water partition coefficient (Wildman–Crippen LogP) is 4.13. The first kappa shape index (κ1) is 22.5. The molecular weight excluding hydrogens is 438 g/mol. The quantitative estimate of drug-likeness (QED) is 0.593. The van der Waals surface area contributed by atoms with Gasteiger partial charge >= 0.3 is 0 Å². The Kier molecular flexibility index (Phi) is 5.24. The zero-order valence-corrected chi connectivity index (χ0v) is 19.3. The van der Waals surface area contributed by atoms with Crippen LogP contribution in [0.1, 0.15) is 67.0 Å². The lowest BCUT2D eigenvalue weighted by atomic mass is 9.66. The molecule has 3 atom stereocenters. The van der Waals surface area contributed by atoms with Crippen LogP contribution in [0.3, 0.4) is 0 Å². The van der Waals surface area contributed by atoms with Crippen molar-refractivity contribution in [1.82, 2.24) is 20.5 Å². The Morgan fingerprint density at radius 1 is 1.18 bits per heavy atom. The molecule has 176 valence electrons. The van der Waals surface area contributed by atoms with Crippen molar-refractivity contribution in [2.75, 3.05) is 6.61 Å². The Morgan fingerprint density at radius 2 is 1.88 bits per heavy atom. The van der Waals surface area contributed by atoms with Crippen molar-refractivity contribution >= 4 is 5.91 Å². The van der Waals surface area contributed by atoms with Gasteiger partial charge in [0.25, 0.3) is 5.91 Å². The van der Waals surface area contributed by atoms with E-state index in [1.54, 1.807) is 25.1 Å². The summed E-state index contributed by atoms with van der Waals surface area (Å²) in [6, 6.07) is 10.5. The van der Waals surface area contributed by atoms with Crippen molar-refractivity contribution in [3.8, 4) is 11.3 Å². The number of halogens is 2. The fourth-order valence-corrected chi connectivity index (χ4v) is 5.90. The number of hydrogen-bond acceptors (Lipinski definition) is 5. The number of hydrogen-bond donors (Lipinski definition) is 2. The average Bonchev–Trinajstić information content (AvgIpc) is 3.20. The van der Waals surface area contributed by atoms with E-state index < -0.39 is 23.1 Å². The largest absolute Gasteiger partial charge is 0.394 e. The van der Waals surface area contributed by atoms with Crippen LogP contribution in [0.25, 0.3) is 11.3 Å². The Bertz CT molecular complexity index is 1280. The lowest BCUT2D eigenvalue weighted by molar-refractivity contribution is 0.0916. The first-order chi connectivity index (χ1) is 16.2. The molecule has 2 bridgehead atoms. The molecule has 0 aliphatic heterocycles. The van der Waals surface area contributed by atoms with Crippen molar-refractivity contribution in [3.63, 3.8) is 0 Å². The smallest absolute Gasteiger partial charge is 0.270 e. The molecule has 0 spiro atoms. The van der Waals surface area contributed by atoms with E-state index in [1.165, 1.54) is 18.2 Å². The summed E-state index contributed by atoms with van der Waals surface area (Å²) in [7, 11) is 0. The molecule has 1 aromatic carbocycles. The third-order valence-corrected chi connectivity index (χ3v) is 7.67. The Morgan fingerprint density at radius 3 is 2.59 bits per heavy atom. The molecule has 0 saturated heterocycles. The predicted molar refractivity (Wildman–Crippen MR) is 122 cm³/mol. The van der Waals surface area contributed by atoms with Crippen molar-refractivity contribution in [2.45, 2.75) is 51.0 Å². The molecule has 3 aromatic rings. The second-order valence-corrected chi connectivity index (χ2v) is 9.81. The summed E-state index contributed by atoms with van der Waals surface area (Å²) in [5, 5.41) is 20.8. The number of amides is 1. The first-order valence-electron chi connectivity index (χ1n) is 11.4. The number of nitrogens with one attached hydrogen (secondary N) is 1. The highest BCUT2D eigenvalue weighted by atomic mass is 19.1. The molecule has 2 heterocycles. The van der Waals surface area contributed by atoms with Gasteiger partial charge in [-0.3, -0.25) is 4.79 Å². The van der Waals surface area contributed by atoms with Gasteiger partial charge in [0.15, 0.2) is 0 Å². The molecule has 6 nitrogen and oxygen atoms in total. The third kappa shape index (κ3) is 3.08. The van der Waals surface area contributed by atoms with Gasteiger partial charge in [-0.1, -0.05) is 26.0 Å². The molecule has 1 saturated carbocycles. The maximum atomic E-state index is 14.4. The topological polar surface area (TPSA) is 88.0 Å². The SMILES string of the molecule is C[C@@H](CO)NC(=O)c1cccc([C@]23CC[C@@H](c4cc(-c5c(F)cccc5F)nnc42)C3(C)C)n1. The molecule has 0 radical (unpaired) electrons. The number of aliphatic hydroxyl groups excluding tert-OH is 1. The standard InChI is InChI=1S/C26H26F2N4O2/c1-14(13-33)29-24(34)19-8-5-9-21(30-19)26-11-10-16(25(26,2)3)15-12-20(31-32-23(15)26)22-17(27)6-4-7-18(22)28/h4-9,12,14,16,33H,10-11,13H2,1-3H3,(H,29,34)/t14-,16-,26+/m0/s1. The third-order valence-electron chi connectivity index (χ3n) is 7.67. The van der Waals surface area contributed by atoms with Crippen LogP contribution in [0.5, 0.6) is 0 Å². The van der Waals surface area contributed by atoms with Gasteiger partial charge in [0.05, 0.1) is 34.7 Å². The van der Waals surface area contributed by atoms with E-state index in [2.05, 4.69) is 29.4 Å². The van der Waals surface area contributed by atoms with Crippen LogP contribution < -0.4 is 5.32 Å². The Balaban J connectivity index is 1.62. The van der Waals surface area contributed by atoms with Gasteiger partial charge in [-0.2, -0.15) is 5.10 Å². The van der Waals surface area contributed by atoms with Crippen molar-refractivity contribution in [2.24, 2.45) is 5.41 Å². The number of pyridine rings is 1. The van der Waals surface area contributed by atoms with Gasteiger partial charge in [0.2, 0.25) is 0 Å². The van der Waals surface area contributed by atoms with E-state index in [1.807, 2.05) is 6.07 Å². The summed E-state index contributed by atoms with van der Waals surface area (Å²) in [6.07, 6.45) is 1.65. The normalized spacial score (nSPS) is 22.9. The highest BCUT2D eigenvalue weighted by molar-refractivity contribution is 5.92. The lowest BCUT2D eigenvalue weighted by Gasteiger charge is -2.37. The molecule has 2 aliphatic rings. The van der Waals surface area contributed by atoms with E-state index in [0.29, 0.717) is 0 Å². The minimum absolute atomic E-state index is 0.111. The van der Waals surface area contributed by atoms with Gasteiger partial charge < -0.3 is 10.4 Å².